The van der Waals surface area contributed by atoms with Gasteiger partial charge in [-0.15, -0.1) is 0 Å². The zero-order chi connectivity index (χ0) is 18.7. The quantitative estimate of drug-likeness (QED) is 0.662. The molecule has 4 heteroatoms. The molecule has 150 valence electrons. The van der Waals surface area contributed by atoms with E-state index >= 15 is 0 Å². The molecular formula is C21H45N3O. The van der Waals surface area contributed by atoms with Crippen LogP contribution in [0.3, 0.4) is 0 Å². The van der Waals surface area contributed by atoms with Gasteiger partial charge in [-0.3, -0.25) is 9.80 Å². The summed E-state index contributed by atoms with van der Waals surface area (Å²) in [5.41, 5.74) is 0. The monoisotopic (exact) mass is 355 g/mol. The summed E-state index contributed by atoms with van der Waals surface area (Å²) in [6.07, 6.45) is 4.36. The molecule has 0 N–H and O–H groups in total. The topological polar surface area (TPSA) is 19.0 Å². The number of piperidine rings is 1. The van der Waals surface area contributed by atoms with Gasteiger partial charge in [-0.25, -0.2) is 0 Å². The fourth-order valence-corrected chi connectivity index (χ4v) is 3.76. The molecule has 2 rings (SSSR count). The first-order valence-corrected chi connectivity index (χ1v) is 10.8. The molecule has 0 saturated carbocycles. The van der Waals surface area contributed by atoms with Gasteiger partial charge in [0.25, 0.3) is 0 Å². The standard InChI is InChI=1S/C19H39N3O.C2H6/c1-17(2)22-14-12-21(13-15-22)11-10-20-8-5-19(6-9-20)7-16-23-18(3)4;1-2/h17-19H,5-16H2,1-4H3;1-2H3. The van der Waals surface area contributed by atoms with Gasteiger partial charge in [0.2, 0.25) is 0 Å². The van der Waals surface area contributed by atoms with Gasteiger partial charge < -0.3 is 9.64 Å². The lowest BCUT2D eigenvalue weighted by Crippen LogP contribution is -2.50. The van der Waals surface area contributed by atoms with Crippen molar-refractivity contribution in [2.24, 2.45) is 5.92 Å². The molecule has 0 aliphatic carbocycles. The van der Waals surface area contributed by atoms with Crippen LogP contribution in [0.4, 0.5) is 0 Å². The van der Waals surface area contributed by atoms with Gasteiger partial charge in [0.15, 0.2) is 0 Å². The van der Waals surface area contributed by atoms with Crippen molar-refractivity contribution in [1.29, 1.82) is 0 Å². The molecule has 0 bridgehead atoms. The van der Waals surface area contributed by atoms with Crippen molar-refractivity contribution in [2.75, 3.05) is 59.0 Å². The smallest absolute Gasteiger partial charge is 0.0518 e. The van der Waals surface area contributed by atoms with Crippen LogP contribution in [0.15, 0.2) is 0 Å². The van der Waals surface area contributed by atoms with Crippen LogP contribution in [0, 0.1) is 5.92 Å². The molecule has 2 fully saturated rings. The molecule has 2 saturated heterocycles. The molecule has 0 spiro atoms. The molecule has 0 amide bonds. The number of hydrogen-bond donors (Lipinski definition) is 0. The van der Waals surface area contributed by atoms with Gasteiger partial charge in [0.05, 0.1) is 6.10 Å². The summed E-state index contributed by atoms with van der Waals surface area (Å²) < 4.78 is 5.70. The minimum atomic E-state index is 0.381. The van der Waals surface area contributed by atoms with Gasteiger partial charge in [0.1, 0.15) is 0 Å². The number of likely N-dealkylation sites (tertiary alicyclic amines) is 1. The Morgan fingerprint density at radius 3 is 1.80 bits per heavy atom. The maximum absolute atomic E-state index is 5.70. The summed E-state index contributed by atoms with van der Waals surface area (Å²) in [4.78, 5) is 7.93. The van der Waals surface area contributed by atoms with Crippen molar-refractivity contribution in [2.45, 2.75) is 73.0 Å². The minimum Gasteiger partial charge on any atom is -0.379 e. The van der Waals surface area contributed by atoms with E-state index in [4.69, 9.17) is 4.74 Å². The average Bonchev–Trinajstić information content (AvgIpc) is 2.63. The van der Waals surface area contributed by atoms with Crippen molar-refractivity contribution in [1.82, 2.24) is 14.7 Å². The summed E-state index contributed by atoms with van der Waals surface area (Å²) in [6, 6.07) is 0.704. The summed E-state index contributed by atoms with van der Waals surface area (Å²) in [5, 5.41) is 0. The zero-order valence-electron chi connectivity index (χ0n) is 18.0. The molecule has 0 radical (unpaired) electrons. The van der Waals surface area contributed by atoms with Gasteiger partial charge >= 0.3 is 0 Å². The Balaban J connectivity index is 0.00000151. The van der Waals surface area contributed by atoms with E-state index in [-0.39, 0.29) is 0 Å². The maximum atomic E-state index is 5.70. The van der Waals surface area contributed by atoms with E-state index in [0.29, 0.717) is 12.1 Å². The SMILES string of the molecule is CC.CC(C)OCCC1CCN(CCN2CCN(C(C)C)CC2)CC1. The van der Waals surface area contributed by atoms with Gasteiger partial charge in [-0.05, 0) is 66.0 Å². The summed E-state index contributed by atoms with van der Waals surface area (Å²) in [7, 11) is 0. The molecule has 4 nitrogen and oxygen atoms in total. The van der Waals surface area contributed by atoms with Crippen LogP contribution in [-0.2, 0) is 4.74 Å². The number of ether oxygens (including phenoxy) is 1. The minimum absolute atomic E-state index is 0.381. The number of rotatable bonds is 8. The van der Waals surface area contributed by atoms with E-state index in [1.54, 1.807) is 0 Å². The van der Waals surface area contributed by atoms with Crippen molar-refractivity contribution >= 4 is 0 Å². The van der Waals surface area contributed by atoms with E-state index in [2.05, 4.69) is 42.4 Å². The van der Waals surface area contributed by atoms with Crippen LogP contribution < -0.4 is 0 Å². The third kappa shape index (κ3) is 9.37. The molecule has 0 unspecified atom stereocenters. The molecule has 0 aromatic rings. The van der Waals surface area contributed by atoms with Crippen molar-refractivity contribution in [3.63, 3.8) is 0 Å². The average molecular weight is 356 g/mol. The van der Waals surface area contributed by atoms with Crippen LogP contribution in [-0.4, -0.2) is 85.8 Å². The van der Waals surface area contributed by atoms with Crippen LogP contribution in [0.1, 0.15) is 60.8 Å². The van der Waals surface area contributed by atoms with Crippen molar-refractivity contribution in [3.05, 3.63) is 0 Å². The van der Waals surface area contributed by atoms with E-state index < -0.39 is 0 Å². The number of piperazine rings is 1. The lowest BCUT2D eigenvalue weighted by atomic mass is 9.94. The predicted octanol–water partition coefficient (Wildman–Crippen LogP) is 3.57. The van der Waals surface area contributed by atoms with E-state index in [1.165, 1.54) is 71.6 Å². The lowest BCUT2D eigenvalue weighted by Gasteiger charge is -2.38. The Morgan fingerprint density at radius 1 is 0.800 bits per heavy atom. The van der Waals surface area contributed by atoms with Gasteiger partial charge in [-0.1, -0.05) is 13.8 Å². The Kier molecular flexibility index (Phi) is 12.0. The third-order valence-corrected chi connectivity index (χ3v) is 5.55. The maximum Gasteiger partial charge on any atom is 0.0518 e. The molecule has 2 heterocycles. The van der Waals surface area contributed by atoms with E-state index in [0.717, 1.165) is 12.5 Å². The zero-order valence-corrected chi connectivity index (χ0v) is 18.0. The Labute approximate surface area is 157 Å². The first-order chi connectivity index (χ1) is 12.0. The van der Waals surface area contributed by atoms with Crippen molar-refractivity contribution in [3.8, 4) is 0 Å². The largest absolute Gasteiger partial charge is 0.379 e. The van der Waals surface area contributed by atoms with Crippen LogP contribution in [0.25, 0.3) is 0 Å². The second kappa shape index (κ2) is 13.1. The third-order valence-electron chi connectivity index (χ3n) is 5.55. The fourth-order valence-electron chi connectivity index (χ4n) is 3.76. The van der Waals surface area contributed by atoms with Crippen LogP contribution in [0.5, 0.6) is 0 Å². The summed E-state index contributed by atoms with van der Waals surface area (Å²) >= 11 is 0. The second-order valence-electron chi connectivity index (χ2n) is 7.96. The van der Waals surface area contributed by atoms with Gasteiger partial charge in [-0.2, -0.15) is 0 Å². The summed E-state index contributed by atoms with van der Waals surface area (Å²) in [6.45, 7) is 23.9. The highest BCUT2D eigenvalue weighted by Gasteiger charge is 2.21. The molecular weight excluding hydrogens is 310 g/mol. The highest BCUT2D eigenvalue weighted by atomic mass is 16.5. The molecule has 2 aliphatic heterocycles. The van der Waals surface area contributed by atoms with E-state index in [9.17, 15) is 0 Å². The number of nitrogens with zero attached hydrogens (tertiary/aromatic N) is 3. The molecule has 0 aromatic heterocycles. The molecule has 0 atom stereocenters. The predicted molar refractivity (Wildman–Crippen MR) is 109 cm³/mol. The normalized spacial score (nSPS) is 21.6. The summed E-state index contributed by atoms with van der Waals surface area (Å²) in [5.74, 6) is 0.889. The molecule has 0 aromatic carbocycles. The van der Waals surface area contributed by atoms with E-state index in [1.807, 2.05) is 13.8 Å². The molecule has 25 heavy (non-hydrogen) atoms. The van der Waals surface area contributed by atoms with Crippen LogP contribution >= 0.6 is 0 Å². The molecule has 2 aliphatic rings. The first kappa shape index (κ1) is 22.9. The van der Waals surface area contributed by atoms with Gasteiger partial charge in [0, 0.05) is 51.9 Å². The number of hydrogen-bond acceptors (Lipinski definition) is 4. The first-order valence-electron chi connectivity index (χ1n) is 10.8. The van der Waals surface area contributed by atoms with Crippen LogP contribution in [0.2, 0.25) is 0 Å². The lowest BCUT2D eigenvalue weighted by molar-refractivity contribution is 0.0567. The highest BCUT2D eigenvalue weighted by molar-refractivity contribution is 4.77. The Hall–Kier alpha value is -0.160. The Morgan fingerprint density at radius 2 is 1.32 bits per heavy atom. The Bertz CT molecular complexity index is 306. The highest BCUT2D eigenvalue weighted by Crippen LogP contribution is 2.20. The second-order valence-corrected chi connectivity index (χ2v) is 7.96. The fraction of sp³-hybridized carbons (Fsp3) is 1.00. The van der Waals surface area contributed by atoms with Crippen molar-refractivity contribution < 1.29 is 4.74 Å².